The third-order valence-electron chi connectivity index (χ3n) is 4.21. The Morgan fingerprint density at radius 3 is 2.80 bits per heavy atom. The first-order valence-corrected chi connectivity index (χ1v) is 8.04. The average molecular weight is 275 g/mol. The summed E-state index contributed by atoms with van der Waals surface area (Å²) in [4.78, 5) is 7.44. The van der Waals surface area contributed by atoms with E-state index in [9.17, 15) is 0 Å². The SMILES string of the molecule is CNCc1cc(C(C)C)nc(N2CCCCCC2C)c1. The van der Waals surface area contributed by atoms with Crippen LogP contribution in [0.3, 0.4) is 0 Å². The highest BCUT2D eigenvalue weighted by molar-refractivity contribution is 5.44. The summed E-state index contributed by atoms with van der Waals surface area (Å²) in [7, 11) is 2.00. The van der Waals surface area contributed by atoms with Crippen molar-refractivity contribution >= 4 is 5.82 Å². The number of rotatable bonds is 4. The minimum absolute atomic E-state index is 0.479. The van der Waals surface area contributed by atoms with Crippen molar-refractivity contribution in [2.75, 3.05) is 18.5 Å². The zero-order valence-electron chi connectivity index (χ0n) is 13.4. The minimum atomic E-state index is 0.479. The molecule has 1 saturated heterocycles. The summed E-state index contributed by atoms with van der Waals surface area (Å²) < 4.78 is 0. The van der Waals surface area contributed by atoms with Gasteiger partial charge in [0.15, 0.2) is 0 Å². The Kier molecular flexibility index (Phi) is 5.41. The molecule has 3 nitrogen and oxygen atoms in total. The van der Waals surface area contributed by atoms with Gasteiger partial charge in [-0.25, -0.2) is 4.98 Å². The molecule has 1 atom stereocenters. The summed E-state index contributed by atoms with van der Waals surface area (Å²) in [5.41, 5.74) is 2.56. The summed E-state index contributed by atoms with van der Waals surface area (Å²) >= 11 is 0. The Hall–Kier alpha value is -1.09. The number of pyridine rings is 1. The molecule has 1 aliphatic heterocycles. The lowest BCUT2D eigenvalue weighted by Crippen LogP contribution is -2.33. The Bertz CT molecular complexity index is 428. The van der Waals surface area contributed by atoms with Crippen LogP contribution in [0.15, 0.2) is 12.1 Å². The number of hydrogen-bond acceptors (Lipinski definition) is 3. The van der Waals surface area contributed by atoms with Gasteiger partial charge < -0.3 is 10.2 Å². The number of nitrogens with zero attached hydrogens (tertiary/aromatic N) is 2. The van der Waals surface area contributed by atoms with Gasteiger partial charge in [-0.2, -0.15) is 0 Å². The Labute approximate surface area is 123 Å². The van der Waals surface area contributed by atoms with E-state index < -0.39 is 0 Å². The van der Waals surface area contributed by atoms with E-state index in [0.717, 1.165) is 13.1 Å². The number of aromatic nitrogens is 1. The maximum Gasteiger partial charge on any atom is 0.129 e. The standard InChI is InChI=1S/C17H29N3/c1-13(2)16-10-15(12-18-4)11-17(19-16)20-9-7-5-6-8-14(20)3/h10-11,13-14,18H,5-9,12H2,1-4H3. The van der Waals surface area contributed by atoms with Gasteiger partial charge in [-0.15, -0.1) is 0 Å². The zero-order chi connectivity index (χ0) is 14.5. The van der Waals surface area contributed by atoms with Crippen LogP contribution in [0.4, 0.5) is 5.82 Å². The lowest BCUT2D eigenvalue weighted by atomic mass is 10.1. The quantitative estimate of drug-likeness (QED) is 0.908. The summed E-state index contributed by atoms with van der Waals surface area (Å²) in [5, 5.41) is 3.26. The summed E-state index contributed by atoms with van der Waals surface area (Å²) in [5.74, 6) is 1.66. The molecule has 20 heavy (non-hydrogen) atoms. The summed E-state index contributed by atoms with van der Waals surface area (Å²) in [6, 6.07) is 5.12. The average Bonchev–Trinajstić information content (AvgIpc) is 2.63. The Balaban J connectivity index is 2.32. The predicted molar refractivity (Wildman–Crippen MR) is 86.4 cm³/mol. The molecule has 0 aliphatic carbocycles. The Morgan fingerprint density at radius 1 is 1.30 bits per heavy atom. The summed E-state index contributed by atoms with van der Waals surface area (Å²) in [6.07, 6.45) is 5.28. The zero-order valence-corrected chi connectivity index (χ0v) is 13.4. The molecule has 0 radical (unpaired) electrons. The van der Waals surface area contributed by atoms with Gasteiger partial charge in [-0.05, 0) is 50.4 Å². The second kappa shape index (κ2) is 7.07. The first-order chi connectivity index (χ1) is 9.61. The van der Waals surface area contributed by atoms with Crippen LogP contribution in [0.5, 0.6) is 0 Å². The maximum absolute atomic E-state index is 4.93. The molecule has 3 heteroatoms. The van der Waals surface area contributed by atoms with E-state index in [1.165, 1.54) is 42.8 Å². The van der Waals surface area contributed by atoms with Crippen molar-refractivity contribution in [3.8, 4) is 0 Å². The van der Waals surface area contributed by atoms with Crippen LogP contribution in [-0.4, -0.2) is 24.6 Å². The largest absolute Gasteiger partial charge is 0.354 e. The van der Waals surface area contributed by atoms with E-state index in [4.69, 9.17) is 4.98 Å². The fourth-order valence-corrected chi connectivity index (χ4v) is 2.96. The highest BCUT2D eigenvalue weighted by Gasteiger charge is 2.19. The minimum Gasteiger partial charge on any atom is -0.354 e. The number of anilines is 1. The van der Waals surface area contributed by atoms with E-state index in [-0.39, 0.29) is 0 Å². The first kappa shape index (κ1) is 15.3. The first-order valence-electron chi connectivity index (χ1n) is 8.04. The molecule has 1 aromatic heterocycles. The van der Waals surface area contributed by atoms with E-state index in [1.54, 1.807) is 0 Å². The lowest BCUT2D eigenvalue weighted by Gasteiger charge is -2.29. The lowest BCUT2D eigenvalue weighted by molar-refractivity contribution is 0.608. The fourth-order valence-electron chi connectivity index (χ4n) is 2.96. The molecule has 2 heterocycles. The number of nitrogens with one attached hydrogen (secondary N) is 1. The molecule has 1 fully saturated rings. The molecular weight excluding hydrogens is 246 g/mol. The smallest absolute Gasteiger partial charge is 0.129 e. The van der Waals surface area contributed by atoms with Crippen molar-refractivity contribution in [2.24, 2.45) is 0 Å². The van der Waals surface area contributed by atoms with Crippen LogP contribution in [0.25, 0.3) is 0 Å². The van der Waals surface area contributed by atoms with Gasteiger partial charge in [-0.1, -0.05) is 26.7 Å². The van der Waals surface area contributed by atoms with Crippen LogP contribution < -0.4 is 10.2 Å². The molecular formula is C17H29N3. The molecule has 1 aliphatic rings. The van der Waals surface area contributed by atoms with Gasteiger partial charge in [0, 0.05) is 24.8 Å². The molecule has 1 aromatic rings. The van der Waals surface area contributed by atoms with Gasteiger partial charge >= 0.3 is 0 Å². The van der Waals surface area contributed by atoms with E-state index in [2.05, 4.69) is 43.1 Å². The second-order valence-electron chi connectivity index (χ2n) is 6.34. The number of hydrogen-bond donors (Lipinski definition) is 1. The Morgan fingerprint density at radius 2 is 2.10 bits per heavy atom. The van der Waals surface area contributed by atoms with Crippen molar-refractivity contribution in [1.82, 2.24) is 10.3 Å². The monoisotopic (exact) mass is 275 g/mol. The van der Waals surface area contributed by atoms with Gasteiger partial charge in [0.25, 0.3) is 0 Å². The fraction of sp³-hybridized carbons (Fsp3) is 0.706. The van der Waals surface area contributed by atoms with Crippen molar-refractivity contribution in [2.45, 2.75) is 65.0 Å². The molecule has 0 aromatic carbocycles. The van der Waals surface area contributed by atoms with Gasteiger partial charge in [0.1, 0.15) is 5.82 Å². The second-order valence-corrected chi connectivity index (χ2v) is 6.34. The maximum atomic E-state index is 4.93. The molecule has 0 spiro atoms. The highest BCUT2D eigenvalue weighted by atomic mass is 15.2. The molecule has 1 unspecified atom stereocenters. The molecule has 1 N–H and O–H groups in total. The highest BCUT2D eigenvalue weighted by Crippen LogP contribution is 2.25. The molecule has 0 amide bonds. The van der Waals surface area contributed by atoms with Crippen LogP contribution in [0, 0.1) is 0 Å². The normalized spacial score (nSPS) is 20.2. The van der Waals surface area contributed by atoms with Crippen LogP contribution in [-0.2, 0) is 6.54 Å². The van der Waals surface area contributed by atoms with Crippen molar-refractivity contribution < 1.29 is 0 Å². The van der Waals surface area contributed by atoms with Crippen LogP contribution >= 0.6 is 0 Å². The van der Waals surface area contributed by atoms with Gasteiger partial charge in [-0.3, -0.25) is 0 Å². The van der Waals surface area contributed by atoms with E-state index in [0.29, 0.717) is 12.0 Å². The predicted octanol–water partition coefficient (Wildman–Crippen LogP) is 3.69. The van der Waals surface area contributed by atoms with Gasteiger partial charge in [0.2, 0.25) is 0 Å². The molecule has 0 saturated carbocycles. The topological polar surface area (TPSA) is 28.2 Å². The third-order valence-corrected chi connectivity index (χ3v) is 4.21. The van der Waals surface area contributed by atoms with Crippen molar-refractivity contribution in [1.29, 1.82) is 0 Å². The third kappa shape index (κ3) is 3.72. The van der Waals surface area contributed by atoms with E-state index in [1.807, 2.05) is 7.05 Å². The van der Waals surface area contributed by atoms with E-state index >= 15 is 0 Å². The van der Waals surface area contributed by atoms with Crippen LogP contribution in [0.2, 0.25) is 0 Å². The van der Waals surface area contributed by atoms with Crippen molar-refractivity contribution in [3.05, 3.63) is 23.4 Å². The molecule has 0 bridgehead atoms. The van der Waals surface area contributed by atoms with Gasteiger partial charge in [0.05, 0.1) is 0 Å². The molecule has 112 valence electrons. The molecule has 2 rings (SSSR count). The van der Waals surface area contributed by atoms with Crippen LogP contribution in [0.1, 0.15) is 63.6 Å². The van der Waals surface area contributed by atoms with Crippen molar-refractivity contribution in [3.63, 3.8) is 0 Å². The summed E-state index contributed by atoms with van der Waals surface area (Å²) in [6.45, 7) is 8.85.